The summed E-state index contributed by atoms with van der Waals surface area (Å²) in [5.41, 5.74) is 2.25. The lowest BCUT2D eigenvalue weighted by atomic mass is 10.2. The van der Waals surface area contributed by atoms with Crippen molar-refractivity contribution in [2.75, 3.05) is 10.6 Å². The topological polar surface area (TPSA) is 89.2 Å². The average molecular weight is 324 g/mol. The van der Waals surface area contributed by atoms with Crippen LogP contribution >= 0.6 is 0 Å². The number of fused-ring (bicyclic) bond motifs is 1. The summed E-state index contributed by atoms with van der Waals surface area (Å²) in [6.07, 6.45) is 2.01. The number of non-ortho nitro benzene ring substituents is 1. The molecule has 0 radical (unpaired) electrons. The number of amides is 2. The molecule has 2 N–H and O–H groups in total. The van der Waals surface area contributed by atoms with Crippen molar-refractivity contribution in [1.82, 2.24) is 4.57 Å². The van der Waals surface area contributed by atoms with Crippen molar-refractivity contribution in [3.63, 3.8) is 0 Å². The van der Waals surface area contributed by atoms with E-state index in [1.165, 1.54) is 24.3 Å². The van der Waals surface area contributed by atoms with Crippen molar-refractivity contribution in [2.24, 2.45) is 0 Å². The summed E-state index contributed by atoms with van der Waals surface area (Å²) in [5, 5.41) is 17.1. The minimum Gasteiger partial charge on any atom is -0.348 e. The third-order valence-corrected chi connectivity index (χ3v) is 3.71. The number of nitro groups is 1. The molecule has 0 saturated heterocycles. The van der Waals surface area contributed by atoms with Crippen LogP contribution in [0, 0.1) is 10.1 Å². The lowest BCUT2D eigenvalue weighted by Gasteiger charge is -2.08. The molecule has 0 fully saturated rings. The SMILES string of the molecule is CCn1ccc2cc(NC(=O)Nc3ccc([N+](=O)[O-])cc3)ccc21. The molecule has 1 heterocycles. The number of anilines is 2. The minimum absolute atomic E-state index is 0.0214. The first-order valence-corrected chi connectivity index (χ1v) is 7.48. The molecule has 7 nitrogen and oxygen atoms in total. The van der Waals surface area contributed by atoms with Gasteiger partial charge < -0.3 is 15.2 Å². The Labute approximate surface area is 138 Å². The molecule has 0 atom stereocenters. The molecule has 0 spiro atoms. The van der Waals surface area contributed by atoms with Gasteiger partial charge in [-0.05, 0) is 43.3 Å². The van der Waals surface area contributed by atoms with E-state index in [9.17, 15) is 14.9 Å². The highest BCUT2D eigenvalue weighted by molar-refractivity contribution is 6.01. The number of urea groups is 1. The Hall–Kier alpha value is -3.35. The molecule has 0 aliphatic heterocycles. The predicted octanol–water partition coefficient (Wildman–Crippen LogP) is 4.21. The second-order valence-electron chi connectivity index (χ2n) is 5.26. The van der Waals surface area contributed by atoms with Crippen LogP contribution in [0.3, 0.4) is 0 Å². The fraction of sp³-hybridized carbons (Fsp3) is 0.118. The van der Waals surface area contributed by atoms with Gasteiger partial charge in [0.15, 0.2) is 0 Å². The fourth-order valence-electron chi connectivity index (χ4n) is 2.51. The number of carbonyl (C=O) groups is 1. The van der Waals surface area contributed by atoms with Gasteiger partial charge in [0.25, 0.3) is 5.69 Å². The first-order chi connectivity index (χ1) is 11.6. The first-order valence-electron chi connectivity index (χ1n) is 7.48. The predicted molar refractivity (Wildman–Crippen MR) is 93.3 cm³/mol. The van der Waals surface area contributed by atoms with Crippen LogP contribution in [0.25, 0.3) is 10.9 Å². The van der Waals surface area contributed by atoms with E-state index in [0.29, 0.717) is 11.4 Å². The lowest BCUT2D eigenvalue weighted by molar-refractivity contribution is -0.384. The summed E-state index contributed by atoms with van der Waals surface area (Å²) in [4.78, 5) is 22.2. The molecule has 0 saturated carbocycles. The maximum absolute atomic E-state index is 12.0. The molecule has 0 aliphatic carbocycles. The van der Waals surface area contributed by atoms with Crippen molar-refractivity contribution in [3.05, 3.63) is 64.8 Å². The standard InChI is InChI=1S/C17H16N4O3/c1-2-20-10-9-12-11-14(5-8-16(12)20)19-17(22)18-13-3-6-15(7-4-13)21(23)24/h3-11H,2H2,1H3,(H2,18,19,22). The molecule has 24 heavy (non-hydrogen) atoms. The Morgan fingerprint density at radius 1 is 1.08 bits per heavy atom. The van der Waals surface area contributed by atoms with Gasteiger partial charge in [0.05, 0.1) is 4.92 Å². The van der Waals surface area contributed by atoms with Crippen LogP contribution in [0.4, 0.5) is 21.9 Å². The normalized spacial score (nSPS) is 10.5. The van der Waals surface area contributed by atoms with Gasteiger partial charge in [0.1, 0.15) is 0 Å². The Morgan fingerprint density at radius 3 is 2.42 bits per heavy atom. The maximum atomic E-state index is 12.0. The number of nitrogens with zero attached hydrogens (tertiary/aromatic N) is 2. The van der Waals surface area contributed by atoms with Gasteiger partial charge in [0.2, 0.25) is 0 Å². The summed E-state index contributed by atoms with van der Waals surface area (Å²) in [5.74, 6) is 0. The molecule has 2 aromatic carbocycles. The van der Waals surface area contributed by atoms with E-state index in [1.54, 1.807) is 0 Å². The summed E-state index contributed by atoms with van der Waals surface area (Å²) in [6, 6.07) is 13.0. The van der Waals surface area contributed by atoms with Crippen molar-refractivity contribution < 1.29 is 9.72 Å². The summed E-state index contributed by atoms with van der Waals surface area (Å²) in [7, 11) is 0. The van der Waals surface area contributed by atoms with Gasteiger partial charge in [-0.1, -0.05) is 0 Å². The van der Waals surface area contributed by atoms with Gasteiger partial charge in [-0.2, -0.15) is 0 Å². The molecule has 3 aromatic rings. The summed E-state index contributed by atoms with van der Waals surface area (Å²) < 4.78 is 2.12. The zero-order valence-corrected chi connectivity index (χ0v) is 13.0. The van der Waals surface area contributed by atoms with Crippen LogP contribution in [-0.4, -0.2) is 15.5 Å². The van der Waals surface area contributed by atoms with Crippen molar-refractivity contribution in [3.8, 4) is 0 Å². The van der Waals surface area contributed by atoms with Crippen molar-refractivity contribution in [2.45, 2.75) is 13.5 Å². The third-order valence-electron chi connectivity index (χ3n) is 3.71. The second kappa shape index (κ2) is 6.41. The molecule has 122 valence electrons. The molecule has 7 heteroatoms. The lowest BCUT2D eigenvalue weighted by Crippen LogP contribution is -2.19. The molecule has 0 bridgehead atoms. The number of benzene rings is 2. The molecule has 1 aromatic heterocycles. The number of nitro benzene ring substituents is 1. The van der Waals surface area contributed by atoms with E-state index in [2.05, 4.69) is 22.1 Å². The Kier molecular flexibility index (Phi) is 4.15. The maximum Gasteiger partial charge on any atom is 0.323 e. The van der Waals surface area contributed by atoms with Crippen LogP contribution in [0.15, 0.2) is 54.7 Å². The summed E-state index contributed by atoms with van der Waals surface area (Å²) >= 11 is 0. The van der Waals surface area contributed by atoms with Crippen LogP contribution in [0.1, 0.15) is 6.92 Å². The van der Waals surface area contributed by atoms with Gasteiger partial charge in [-0.25, -0.2) is 4.79 Å². The Morgan fingerprint density at radius 2 is 1.75 bits per heavy atom. The number of rotatable bonds is 4. The number of aryl methyl sites for hydroxylation is 1. The molecule has 0 unspecified atom stereocenters. The highest BCUT2D eigenvalue weighted by atomic mass is 16.6. The second-order valence-corrected chi connectivity index (χ2v) is 5.26. The highest BCUT2D eigenvalue weighted by Gasteiger charge is 2.07. The number of carbonyl (C=O) groups excluding carboxylic acids is 1. The molecule has 0 aliphatic rings. The zero-order valence-electron chi connectivity index (χ0n) is 13.0. The van der Waals surface area contributed by atoms with E-state index in [0.717, 1.165) is 17.4 Å². The minimum atomic E-state index is -0.485. The summed E-state index contributed by atoms with van der Waals surface area (Å²) in [6.45, 7) is 2.96. The van der Waals surface area contributed by atoms with Gasteiger partial charge >= 0.3 is 6.03 Å². The first kappa shape index (κ1) is 15.5. The van der Waals surface area contributed by atoms with Crippen LogP contribution in [-0.2, 0) is 6.54 Å². The quantitative estimate of drug-likeness (QED) is 0.556. The van der Waals surface area contributed by atoms with Crippen LogP contribution in [0.2, 0.25) is 0 Å². The van der Waals surface area contributed by atoms with Crippen LogP contribution in [0.5, 0.6) is 0 Å². The monoisotopic (exact) mass is 324 g/mol. The molecular formula is C17H16N4O3. The number of nitrogens with one attached hydrogen (secondary N) is 2. The highest BCUT2D eigenvalue weighted by Crippen LogP contribution is 2.21. The molecule has 2 amide bonds. The van der Waals surface area contributed by atoms with E-state index in [1.807, 2.05) is 30.5 Å². The number of hydrogen-bond acceptors (Lipinski definition) is 3. The Balaban J connectivity index is 1.69. The largest absolute Gasteiger partial charge is 0.348 e. The van der Waals surface area contributed by atoms with Gasteiger partial charge in [0, 0.05) is 47.2 Å². The van der Waals surface area contributed by atoms with Gasteiger partial charge in [-0.15, -0.1) is 0 Å². The number of aromatic nitrogens is 1. The van der Waals surface area contributed by atoms with E-state index in [-0.39, 0.29) is 5.69 Å². The fourth-order valence-corrected chi connectivity index (χ4v) is 2.51. The smallest absolute Gasteiger partial charge is 0.323 e. The van der Waals surface area contributed by atoms with Crippen molar-refractivity contribution >= 4 is 34.0 Å². The van der Waals surface area contributed by atoms with Crippen molar-refractivity contribution in [1.29, 1.82) is 0 Å². The molecular weight excluding hydrogens is 308 g/mol. The van der Waals surface area contributed by atoms with E-state index < -0.39 is 11.0 Å². The zero-order chi connectivity index (χ0) is 17.1. The van der Waals surface area contributed by atoms with Crippen LogP contribution < -0.4 is 10.6 Å². The number of hydrogen-bond donors (Lipinski definition) is 2. The Bertz CT molecular complexity index is 900. The molecule has 3 rings (SSSR count). The van der Waals surface area contributed by atoms with E-state index in [4.69, 9.17) is 0 Å². The average Bonchev–Trinajstić information content (AvgIpc) is 2.97. The third kappa shape index (κ3) is 3.19. The van der Waals surface area contributed by atoms with E-state index >= 15 is 0 Å². The van der Waals surface area contributed by atoms with Gasteiger partial charge in [-0.3, -0.25) is 10.1 Å².